The molecule has 1 atom stereocenters. The van der Waals surface area contributed by atoms with Crippen LogP contribution in [0.15, 0.2) is 36.4 Å². The molecular formula is C25H30N2O3. The normalized spacial score (nSPS) is 17.9. The Morgan fingerprint density at radius 1 is 1.13 bits per heavy atom. The molecule has 2 heterocycles. The zero-order chi connectivity index (χ0) is 21.1. The summed E-state index contributed by atoms with van der Waals surface area (Å²) in [4.78, 5) is 28.0. The molecule has 5 heteroatoms. The SMILES string of the molecule is CCCC(=O)c1cc(C(=O)Nc2ccc3c(c2)C2CCCN2CC3)ccc1OCC. The number of carbonyl (C=O) groups is 2. The molecule has 1 saturated heterocycles. The number of nitrogens with zero attached hydrogens (tertiary/aromatic N) is 1. The number of fused-ring (bicyclic) bond motifs is 3. The first-order valence-electron chi connectivity index (χ1n) is 11.1. The Morgan fingerprint density at radius 3 is 2.80 bits per heavy atom. The Bertz CT molecular complexity index is 953. The van der Waals surface area contributed by atoms with E-state index in [-0.39, 0.29) is 11.7 Å². The number of benzene rings is 2. The van der Waals surface area contributed by atoms with Crippen LogP contribution in [0.2, 0.25) is 0 Å². The fourth-order valence-electron chi connectivity index (χ4n) is 4.66. The molecule has 0 aliphatic carbocycles. The predicted molar refractivity (Wildman–Crippen MR) is 118 cm³/mol. The van der Waals surface area contributed by atoms with Gasteiger partial charge in [0.1, 0.15) is 5.75 Å². The third kappa shape index (κ3) is 4.12. The summed E-state index contributed by atoms with van der Waals surface area (Å²) in [5, 5.41) is 3.03. The summed E-state index contributed by atoms with van der Waals surface area (Å²) < 4.78 is 5.60. The highest BCUT2D eigenvalue weighted by Crippen LogP contribution is 2.38. The van der Waals surface area contributed by atoms with Gasteiger partial charge in [0.15, 0.2) is 5.78 Å². The quantitative estimate of drug-likeness (QED) is 0.657. The number of nitrogens with one attached hydrogen (secondary N) is 1. The zero-order valence-corrected chi connectivity index (χ0v) is 17.9. The molecule has 0 spiro atoms. The number of rotatable bonds is 7. The minimum Gasteiger partial charge on any atom is -0.493 e. The standard InChI is InChI=1S/C25H30N2O3/c1-3-6-23(28)21-15-18(9-11-24(21)30-4-2)25(29)26-19-10-8-17-12-14-27-13-5-7-22(27)20(17)16-19/h8-11,15-16,22H,3-7,12-14H2,1-2H3,(H,26,29). The summed E-state index contributed by atoms with van der Waals surface area (Å²) >= 11 is 0. The highest BCUT2D eigenvalue weighted by atomic mass is 16.5. The molecule has 1 N–H and O–H groups in total. The number of carbonyl (C=O) groups excluding carboxylic acids is 2. The smallest absolute Gasteiger partial charge is 0.255 e. The Labute approximate surface area is 178 Å². The molecule has 0 aromatic heterocycles. The predicted octanol–water partition coefficient (Wildman–Crippen LogP) is 5.01. The zero-order valence-electron chi connectivity index (χ0n) is 17.9. The van der Waals surface area contributed by atoms with E-state index in [0.717, 1.165) is 25.1 Å². The summed E-state index contributed by atoms with van der Waals surface area (Å²) in [6.07, 6.45) is 4.69. The molecule has 5 nitrogen and oxygen atoms in total. The van der Waals surface area contributed by atoms with Crippen LogP contribution in [-0.2, 0) is 6.42 Å². The van der Waals surface area contributed by atoms with Crippen molar-refractivity contribution in [2.75, 3.05) is 25.0 Å². The number of hydrogen-bond donors (Lipinski definition) is 1. The van der Waals surface area contributed by atoms with Crippen molar-refractivity contribution in [2.24, 2.45) is 0 Å². The van der Waals surface area contributed by atoms with Crippen molar-refractivity contribution in [2.45, 2.75) is 52.0 Å². The van der Waals surface area contributed by atoms with Gasteiger partial charge in [-0.25, -0.2) is 0 Å². The molecule has 30 heavy (non-hydrogen) atoms. The second-order valence-electron chi connectivity index (χ2n) is 8.13. The van der Waals surface area contributed by atoms with Crippen LogP contribution >= 0.6 is 0 Å². The van der Waals surface area contributed by atoms with Gasteiger partial charge in [-0.2, -0.15) is 0 Å². The van der Waals surface area contributed by atoms with Gasteiger partial charge in [-0.3, -0.25) is 14.5 Å². The van der Waals surface area contributed by atoms with Gasteiger partial charge in [0.05, 0.1) is 12.2 Å². The van der Waals surface area contributed by atoms with E-state index in [1.54, 1.807) is 18.2 Å². The van der Waals surface area contributed by atoms with Crippen molar-refractivity contribution in [1.82, 2.24) is 4.90 Å². The maximum absolute atomic E-state index is 12.9. The van der Waals surface area contributed by atoms with Crippen molar-refractivity contribution in [3.63, 3.8) is 0 Å². The third-order valence-electron chi connectivity index (χ3n) is 6.11. The van der Waals surface area contributed by atoms with Crippen LogP contribution in [0.4, 0.5) is 5.69 Å². The largest absolute Gasteiger partial charge is 0.493 e. The minimum absolute atomic E-state index is 0.00528. The van der Waals surface area contributed by atoms with Crippen molar-refractivity contribution < 1.29 is 14.3 Å². The molecule has 1 amide bonds. The lowest BCUT2D eigenvalue weighted by Crippen LogP contribution is -2.31. The van der Waals surface area contributed by atoms with E-state index < -0.39 is 0 Å². The first kappa shape index (κ1) is 20.6. The van der Waals surface area contributed by atoms with Gasteiger partial charge in [0, 0.05) is 30.3 Å². The average Bonchev–Trinajstić information content (AvgIpc) is 3.24. The Balaban J connectivity index is 1.56. The van der Waals surface area contributed by atoms with E-state index in [2.05, 4.69) is 22.3 Å². The lowest BCUT2D eigenvalue weighted by Gasteiger charge is -2.32. The number of hydrogen-bond acceptors (Lipinski definition) is 4. The van der Waals surface area contributed by atoms with Crippen molar-refractivity contribution in [3.05, 3.63) is 58.7 Å². The molecule has 2 aromatic rings. The van der Waals surface area contributed by atoms with E-state index in [0.29, 0.717) is 35.9 Å². The van der Waals surface area contributed by atoms with Crippen LogP contribution in [0.3, 0.4) is 0 Å². The van der Waals surface area contributed by atoms with Gasteiger partial charge >= 0.3 is 0 Å². The summed E-state index contributed by atoms with van der Waals surface area (Å²) in [5.74, 6) is 0.343. The third-order valence-corrected chi connectivity index (χ3v) is 6.11. The second kappa shape index (κ2) is 9.00. The van der Waals surface area contributed by atoms with Crippen molar-refractivity contribution in [1.29, 1.82) is 0 Å². The molecule has 2 aliphatic heterocycles. The molecule has 0 bridgehead atoms. The number of anilines is 1. The molecular weight excluding hydrogens is 376 g/mol. The van der Waals surface area contributed by atoms with E-state index in [9.17, 15) is 9.59 Å². The van der Waals surface area contributed by atoms with E-state index in [1.807, 2.05) is 19.9 Å². The van der Waals surface area contributed by atoms with Gasteiger partial charge in [-0.15, -0.1) is 0 Å². The van der Waals surface area contributed by atoms with Crippen LogP contribution in [0, 0.1) is 0 Å². The molecule has 1 fully saturated rings. The molecule has 0 radical (unpaired) electrons. The monoisotopic (exact) mass is 406 g/mol. The summed E-state index contributed by atoms with van der Waals surface area (Å²) in [7, 11) is 0. The lowest BCUT2D eigenvalue weighted by atomic mass is 9.92. The highest BCUT2D eigenvalue weighted by molar-refractivity contribution is 6.07. The number of Topliss-reactive ketones (excluding diaryl/α,β-unsaturated/α-hetero) is 1. The van der Waals surface area contributed by atoms with Crippen molar-refractivity contribution in [3.8, 4) is 5.75 Å². The van der Waals surface area contributed by atoms with Crippen LogP contribution in [-0.4, -0.2) is 36.3 Å². The van der Waals surface area contributed by atoms with Gasteiger partial charge in [-0.1, -0.05) is 13.0 Å². The fourth-order valence-corrected chi connectivity index (χ4v) is 4.66. The Hall–Kier alpha value is -2.66. The van der Waals surface area contributed by atoms with Crippen LogP contribution in [0.5, 0.6) is 5.75 Å². The summed E-state index contributed by atoms with van der Waals surface area (Å²) in [6, 6.07) is 11.9. The molecule has 158 valence electrons. The topological polar surface area (TPSA) is 58.6 Å². The van der Waals surface area contributed by atoms with E-state index in [1.165, 1.54) is 30.5 Å². The summed E-state index contributed by atoms with van der Waals surface area (Å²) in [6.45, 7) is 6.63. The fraction of sp³-hybridized carbons (Fsp3) is 0.440. The van der Waals surface area contributed by atoms with Crippen LogP contribution < -0.4 is 10.1 Å². The maximum atomic E-state index is 12.9. The van der Waals surface area contributed by atoms with Crippen LogP contribution in [0.25, 0.3) is 0 Å². The molecule has 2 aromatic carbocycles. The molecule has 1 unspecified atom stereocenters. The molecule has 4 rings (SSSR count). The van der Waals surface area contributed by atoms with Crippen LogP contribution in [0.1, 0.15) is 77.4 Å². The Morgan fingerprint density at radius 2 is 2.00 bits per heavy atom. The van der Waals surface area contributed by atoms with E-state index >= 15 is 0 Å². The number of ether oxygens (including phenoxy) is 1. The lowest BCUT2D eigenvalue weighted by molar-refractivity contribution is 0.0978. The van der Waals surface area contributed by atoms with E-state index in [4.69, 9.17) is 4.74 Å². The first-order chi connectivity index (χ1) is 14.6. The van der Waals surface area contributed by atoms with Gasteiger partial charge in [0.25, 0.3) is 5.91 Å². The number of amides is 1. The first-order valence-corrected chi connectivity index (χ1v) is 11.1. The summed E-state index contributed by atoms with van der Waals surface area (Å²) in [5.41, 5.74) is 4.51. The van der Waals surface area contributed by atoms with Gasteiger partial charge in [0.2, 0.25) is 0 Å². The average molecular weight is 407 g/mol. The second-order valence-corrected chi connectivity index (χ2v) is 8.13. The van der Waals surface area contributed by atoms with Gasteiger partial charge < -0.3 is 10.1 Å². The Kier molecular flexibility index (Phi) is 6.18. The number of ketones is 1. The molecule has 0 saturated carbocycles. The minimum atomic E-state index is -0.206. The van der Waals surface area contributed by atoms with Crippen molar-refractivity contribution >= 4 is 17.4 Å². The highest BCUT2D eigenvalue weighted by Gasteiger charge is 2.31. The molecule has 2 aliphatic rings. The van der Waals surface area contributed by atoms with Gasteiger partial charge in [-0.05, 0) is 80.6 Å². The maximum Gasteiger partial charge on any atom is 0.255 e.